The second-order valence-electron chi connectivity index (χ2n) is 3.82. The lowest BCUT2D eigenvalue weighted by Crippen LogP contribution is -1.99. The fraction of sp³-hybridized carbons (Fsp3) is 0.0769. The molecule has 0 aromatic heterocycles. The third-order valence-corrected chi connectivity index (χ3v) is 4.73. The van der Waals surface area contributed by atoms with Crippen molar-refractivity contribution in [3.05, 3.63) is 66.2 Å². The minimum Gasteiger partial charge on any atom is -0.204 e. The topological polar surface area (TPSA) is 0 Å². The Bertz CT molecular complexity index is 634. The molecule has 100 valence electrons. The first-order valence-electron chi connectivity index (χ1n) is 5.13. The molecule has 2 aromatic rings. The summed E-state index contributed by atoms with van der Waals surface area (Å²) in [6.45, 7) is 0. The van der Waals surface area contributed by atoms with E-state index >= 15 is 0 Å². The molecule has 0 saturated carbocycles. The van der Waals surface area contributed by atoms with Crippen molar-refractivity contribution in [3.8, 4) is 0 Å². The molecule has 1 unspecified atom stereocenters. The largest absolute Gasteiger partial charge is 0.204 e. The van der Waals surface area contributed by atoms with Crippen molar-refractivity contribution >= 4 is 61.7 Å². The van der Waals surface area contributed by atoms with E-state index in [4.69, 9.17) is 23.2 Å². The van der Waals surface area contributed by atoms with Crippen LogP contribution >= 0.6 is 61.7 Å². The van der Waals surface area contributed by atoms with E-state index in [0.717, 1.165) is 25.7 Å². The van der Waals surface area contributed by atoms with Crippen molar-refractivity contribution < 1.29 is 8.78 Å². The predicted molar refractivity (Wildman–Crippen MR) is 85.9 cm³/mol. The van der Waals surface area contributed by atoms with Gasteiger partial charge in [-0.2, -0.15) is 0 Å². The number of rotatable bonds is 2. The standard InChI is InChI=1S/C13H6BrCl2F2I/c14-9-2-1-6(19)3-7(9)13(16)8-4-11(17)12(18)5-10(8)15/h1-5,13H. The van der Waals surface area contributed by atoms with Gasteiger partial charge in [-0.25, -0.2) is 8.78 Å². The summed E-state index contributed by atoms with van der Waals surface area (Å²) in [6, 6.07) is 7.58. The monoisotopic (exact) mass is 476 g/mol. The molecule has 1 atom stereocenters. The summed E-state index contributed by atoms with van der Waals surface area (Å²) in [7, 11) is 0. The number of alkyl halides is 1. The van der Waals surface area contributed by atoms with Gasteiger partial charge in [-0.1, -0.05) is 27.5 Å². The van der Waals surface area contributed by atoms with Gasteiger partial charge in [0, 0.05) is 13.1 Å². The minimum absolute atomic E-state index is 0.102. The molecule has 6 heteroatoms. The molecule has 0 amide bonds. The van der Waals surface area contributed by atoms with Crippen LogP contribution in [0.25, 0.3) is 0 Å². The molecule has 2 aromatic carbocycles. The lowest BCUT2D eigenvalue weighted by molar-refractivity contribution is 0.507. The Hall–Kier alpha value is 0.0900. The SMILES string of the molecule is Fc1cc(Cl)c(C(Cl)c2cc(I)ccc2Br)cc1F. The average Bonchev–Trinajstić information content (AvgIpc) is 2.36. The van der Waals surface area contributed by atoms with E-state index in [2.05, 4.69) is 38.5 Å². The summed E-state index contributed by atoms with van der Waals surface area (Å²) < 4.78 is 28.1. The summed E-state index contributed by atoms with van der Waals surface area (Å²) in [6.07, 6.45) is 0. The minimum atomic E-state index is -0.987. The molecular weight excluding hydrogens is 472 g/mol. The maximum absolute atomic E-state index is 13.3. The number of hydrogen-bond donors (Lipinski definition) is 0. The van der Waals surface area contributed by atoms with E-state index < -0.39 is 17.0 Å². The molecule has 0 aliphatic carbocycles. The lowest BCUT2D eigenvalue weighted by atomic mass is 10.0. The van der Waals surface area contributed by atoms with Gasteiger partial charge >= 0.3 is 0 Å². The van der Waals surface area contributed by atoms with Crippen LogP contribution in [0.2, 0.25) is 5.02 Å². The molecule has 0 saturated heterocycles. The maximum Gasteiger partial charge on any atom is 0.160 e. The van der Waals surface area contributed by atoms with E-state index in [1.54, 1.807) is 0 Å². The van der Waals surface area contributed by atoms with Crippen molar-refractivity contribution in [2.24, 2.45) is 0 Å². The predicted octanol–water partition coefficient (Wildman–Crippen LogP) is 6.31. The van der Waals surface area contributed by atoms with Crippen LogP contribution in [-0.4, -0.2) is 0 Å². The third-order valence-electron chi connectivity index (χ3n) is 2.54. The first kappa shape index (κ1) is 15.5. The van der Waals surface area contributed by atoms with Gasteiger partial charge in [-0.05, 0) is 64.0 Å². The number of halogens is 6. The van der Waals surface area contributed by atoms with Crippen LogP contribution in [0, 0.1) is 15.2 Å². The van der Waals surface area contributed by atoms with Crippen LogP contribution in [0.3, 0.4) is 0 Å². The van der Waals surface area contributed by atoms with E-state index in [-0.39, 0.29) is 5.02 Å². The van der Waals surface area contributed by atoms with E-state index in [1.165, 1.54) is 0 Å². The highest BCUT2D eigenvalue weighted by molar-refractivity contribution is 14.1. The van der Waals surface area contributed by atoms with Crippen LogP contribution < -0.4 is 0 Å². The Morgan fingerprint density at radius 2 is 1.68 bits per heavy atom. The fourth-order valence-corrected chi connectivity index (χ4v) is 3.41. The molecule has 19 heavy (non-hydrogen) atoms. The molecule has 0 bridgehead atoms. The smallest absolute Gasteiger partial charge is 0.160 e. The van der Waals surface area contributed by atoms with Crippen LogP contribution in [0.4, 0.5) is 8.78 Å². The Kier molecular flexibility index (Phi) is 5.09. The highest BCUT2D eigenvalue weighted by atomic mass is 127. The van der Waals surface area contributed by atoms with Crippen LogP contribution in [0.5, 0.6) is 0 Å². The molecular formula is C13H6BrCl2F2I. The zero-order valence-corrected chi connectivity index (χ0v) is 14.5. The van der Waals surface area contributed by atoms with Crippen LogP contribution in [0.15, 0.2) is 34.8 Å². The molecule has 0 radical (unpaired) electrons. The van der Waals surface area contributed by atoms with Gasteiger partial charge in [0.15, 0.2) is 11.6 Å². The summed E-state index contributed by atoms with van der Waals surface area (Å²) >= 11 is 17.8. The van der Waals surface area contributed by atoms with Crippen LogP contribution in [0.1, 0.15) is 16.5 Å². The van der Waals surface area contributed by atoms with E-state index in [1.807, 2.05) is 18.2 Å². The molecule has 0 N–H and O–H groups in total. The number of hydrogen-bond acceptors (Lipinski definition) is 0. The normalized spacial score (nSPS) is 12.5. The van der Waals surface area contributed by atoms with Crippen LogP contribution in [-0.2, 0) is 0 Å². The molecule has 0 fully saturated rings. The Balaban J connectivity index is 2.52. The molecule has 2 rings (SSSR count). The Morgan fingerprint density at radius 1 is 1.05 bits per heavy atom. The van der Waals surface area contributed by atoms with Gasteiger partial charge in [0.2, 0.25) is 0 Å². The number of benzene rings is 2. The van der Waals surface area contributed by atoms with Gasteiger partial charge in [0.25, 0.3) is 0 Å². The summed E-state index contributed by atoms with van der Waals surface area (Å²) in [5, 5.41) is -0.559. The second-order valence-corrected chi connectivity index (χ2v) is 6.76. The van der Waals surface area contributed by atoms with Crippen molar-refractivity contribution in [1.82, 2.24) is 0 Å². The second kappa shape index (κ2) is 6.24. The Morgan fingerprint density at radius 3 is 2.37 bits per heavy atom. The molecule has 0 heterocycles. The summed E-state index contributed by atoms with van der Waals surface area (Å²) in [5.41, 5.74) is 1.09. The van der Waals surface area contributed by atoms with Crippen molar-refractivity contribution in [2.45, 2.75) is 5.38 Å². The summed E-state index contributed by atoms with van der Waals surface area (Å²) in [4.78, 5) is 0. The van der Waals surface area contributed by atoms with Gasteiger partial charge in [0.1, 0.15) is 0 Å². The first-order valence-corrected chi connectivity index (χ1v) is 7.82. The van der Waals surface area contributed by atoms with Crippen molar-refractivity contribution in [1.29, 1.82) is 0 Å². The first-order chi connectivity index (χ1) is 8.90. The maximum atomic E-state index is 13.3. The fourth-order valence-electron chi connectivity index (χ4n) is 1.61. The lowest BCUT2D eigenvalue weighted by Gasteiger charge is -2.14. The highest BCUT2D eigenvalue weighted by Crippen LogP contribution is 2.38. The Labute approximate surface area is 141 Å². The molecule has 0 aliphatic rings. The zero-order chi connectivity index (χ0) is 14.2. The quantitative estimate of drug-likeness (QED) is 0.270. The average molecular weight is 478 g/mol. The van der Waals surface area contributed by atoms with E-state index in [0.29, 0.717) is 5.56 Å². The van der Waals surface area contributed by atoms with Gasteiger partial charge < -0.3 is 0 Å². The zero-order valence-electron chi connectivity index (χ0n) is 9.23. The summed E-state index contributed by atoms with van der Waals surface area (Å²) in [5.74, 6) is -1.95. The van der Waals surface area contributed by atoms with Gasteiger partial charge in [-0.15, -0.1) is 11.6 Å². The highest BCUT2D eigenvalue weighted by Gasteiger charge is 2.19. The molecule has 0 aliphatic heterocycles. The molecule has 0 spiro atoms. The van der Waals surface area contributed by atoms with Gasteiger partial charge in [-0.3, -0.25) is 0 Å². The van der Waals surface area contributed by atoms with E-state index in [9.17, 15) is 8.78 Å². The molecule has 0 nitrogen and oxygen atoms in total. The third kappa shape index (κ3) is 3.40. The van der Waals surface area contributed by atoms with Crippen molar-refractivity contribution in [3.63, 3.8) is 0 Å². The van der Waals surface area contributed by atoms with Crippen molar-refractivity contribution in [2.75, 3.05) is 0 Å². The van der Waals surface area contributed by atoms with Gasteiger partial charge in [0.05, 0.1) is 5.38 Å².